The Kier molecular flexibility index (Phi) is 4.03. The molecule has 31 heavy (non-hydrogen) atoms. The summed E-state index contributed by atoms with van der Waals surface area (Å²) in [4.78, 5) is 51.6. The van der Waals surface area contributed by atoms with Crippen LogP contribution in [0.2, 0.25) is 0 Å². The molecule has 1 aliphatic heterocycles. The number of epoxide rings is 1. The van der Waals surface area contributed by atoms with Crippen molar-refractivity contribution in [1.29, 1.82) is 0 Å². The number of aliphatic carboxylic acids is 1. The second-order valence-electron chi connectivity index (χ2n) is 12.1. The van der Waals surface area contributed by atoms with E-state index in [4.69, 9.17) is 4.74 Å². The third-order valence-electron chi connectivity index (χ3n) is 11.3. The summed E-state index contributed by atoms with van der Waals surface area (Å²) in [5.41, 5.74) is -3.26. The number of rotatable bonds is 3. The highest BCUT2D eigenvalue weighted by Gasteiger charge is 2.85. The molecule has 0 radical (unpaired) electrons. The van der Waals surface area contributed by atoms with Crippen molar-refractivity contribution in [2.45, 2.75) is 84.8 Å². The van der Waals surface area contributed by atoms with Crippen LogP contribution >= 0.6 is 0 Å². The van der Waals surface area contributed by atoms with E-state index in [0.717, 1.165) is 25.5 Å². The molecular weight excluding hydrogens is 396 g/mol. The van der Waals surface area contributed by atoms with Crippen molar-refractivity contribution in [3.05, 3.63) is 0 Å². The van der Waals surface area contributed by atoms with Gasteiger partial charge in [0.15, 0.2) is 5.78 Å². The minimum Gasteiger partial charge on any atom is -0.481 e. The number of carbonyl (C=O) groups excluding carboxylic acids is 3. The zero-order valence-electron chi connectivity index (χ0n) is 19.2. The average Bonchev–Trinajstić information content (AvgIpc) is 3.40. The maximum atomic E-state index is 14.0. The summed E-state index contributed by atoms with van der Waals surface area (Å²) in [6.07, 6.45) is 4.20. The van der Waals surface area contributed by atoms with Crippen molar-refractivity contribution in [2.75, 3.05) is 0 Å². The minimum atomic E-state index is -0.854. The Morgan fingerprint density at radius 3 is 2.39 bits per heavy atom. The molecule has 6 heteroatoms. The zero-order valence-corrected chi connectivity index (χ0v) is 19.2. The van der Waals surface area contributed by atoms with Gasteiger partial charge in [0.05, 0.1) is 11.3 Å². The zero-order chi connectivity index (χ0) is 22.8. The highest BCUT2D eigenvalue weighted by molar-refractivity contribution is 5.99. The van der Waals surface area contributed by atoms with Gasteiger partial charge >= 0.3 is 5.97 Å². The molecule has 1 saturated heterocycles. The fourth-order valence-electron chi connectivity index (χ4n) is 9.22. The molecule has 0 bridgehead atoms. The molecule has 0 aromatic heterocycles. The van der Waals surface area contributed by atoms with Crippen molar-refractivity contribution in [2.24, 2.45) is 45.3 Å². The highest BCUT2D eigenvalue weighted by atomic mass is 16.6. The van der Waals surface area contributed by atoms with Gasteiger partial charge < -0.3 is 14.6 Å². The smallest absolute Gasteiger partial charge is 0.306 e. The maximum absolute atomic E-state index is 14.0. The van der Waals surface area contributed by atoms with E-state index in [1.54, 1.807) is 6.92 Å². The number of ether oxygens (including phenoxy) is 1. The van der Waals surface area contributed by atoms with E-state index >= 15 is 0 Å². The summed E-state index contributed by atoms with van der Waals surface area (Å²) in [5, 5.41) is 9.72. The first-order valence-corrected chi connectivity index (χ1v) is 11.8. The lowest BCUT2D eigenvalue weighted by Crippen LogP contribution is -2.69. The van der Waals surface area contributed by atoms with E-state index in [1.165, 1.54) is 0 Å². The van der Waals surface area contributed by atoms with Crippen LogP contribution in [0, 0.1) is 45.3 Å². The van der Waals surface area contributed by atoms with Gasteiger partial charge in [-0.1, -0.05) is 20.8 Å². The van der Waals surface area contributed by atoms with Gasteiger partial charge in [-0.05, 0) is 62.7 Å². The van der Waals surface area contributed by atoms with Crippen molar-refractivity contribution in [3.63, 3.8) is 0 Å². The summed E-state index contributed by atoms with van der Waals surface area (Å²) in [6.45, 7) is 9.80. The van der Waals surface area contributed by atoms with Crippen LogP contribution in [-0.4, -0.2) is 40.6 Å². The summed E-state index contributed by atoms with van der Waals surface area (Å²) in [5.74, 6) is -1.84. The predicted molar refractivity (Wildman–Crippen MR) is 111 cm³/mol. The molecule has 1 N–H and O–H groups in total. The predicted octanol–water partition coefficient (Wildman–Crippen LogP) is 3.45. The van der Waals surface area contributed by atoms with Crippen LogP contribution < -0.4 is 0 Å². The Balaban J connectivity index is 1.64. The number of carboxylic acid groups (broad SMARTS) is 1. The van der Waals surface area contributed by atoms with E-state index in [2.05, 4.69) is 13.8 Å². The Hall–Kier alpha value is -1.56. The first-order valence-electron chi connectivity index (χ1n) is 11.8. The van der Waals surface area contributed by atoms with Gasteiger partial charge in [0.2, 0.25) is 0 Å². The number of ketones is 2. The maximum Gasteiger partial charge on any atom is 0.306 e. The molecule has 5 fully saturated rings. The van der Waals surface area contributed by atoms with Gasteiger partial charge in [0, 0.05) is 23.7 Å². The topological polar surface area (TPSA) is 101 Å². The Morgan fingerprint density at radius 2 is 1.77 bits per heavy atom. The largest absolute Gasteiger partial charge is 0.481 e. The first kappa shape index (κ1) is 21.3. The van der Waals surface area contributed by atoms with E-state index in [9.17, 15) is 24.3 Å². The summed E-state index contributed by atoms with van der Waals surface area (Å²) in [6, 6.07) is 0. The minimum absolute atomic E-state index is 0.0244. The van der Waals surface area contributed by atoms with Crippen LogP contribution in [0.5, 0.6) is 0 Å². The second kappa shape index (κ2) is 5.86. The molecule has 4 saturated carbocycles. The monoisotopic (exact) mass is 430 g/mol. The Morgan fingerprint density at radius 1 is 1.10 bits per heavy atom. The number of fused-ring (bicyclic) bond motifs is 4. The van der Waals surface area contributed by atoms with Gasteiger partial charge in [-0.25, -0.2) is 0 Å². The van der Waals surface area contributed by atoms with Crippen LogP contribution in [0.15, 0.2) is 0 Å². The number of Topliss-reactive ketones (excluding diaryl/α,β-unsaturated/α-hetero) is 2. The highest BCUT2D eigenvalue weighted by Crippen LogP contribution is 2.78. The third kappa shape index (κ3) is 2.05. The van der Waals surface area contributed by atoms with Crippen molar-refractivity contribution >= 4 is 23.8 Å². The summed E-state index contributed by atoms with van der Waals surface area (Å²) >= 11 is 0. The van der Waals surface area contributed by atoms with Gasteiger partial charge in [-0.3, -0.25) is 14.4 Å². The second-order valence-corrected chi connectivity index (χ2v) is 12.1. The Labute approximate surface area is 183 Å². The standard InChI is InChI=1S/C25H34O6/c1-13(20(29)30)14-8-9-23(5)18-17(28)19-25(31-19)15(6-7-16(27)21(25,2)3)24(18,12-26)11-10-22(14,23)4/h12-15,18-19H,6-11H2,1-5H3,(H,29,30)/t13-,14+,15-,18-,19-,22+,23-,24+,25+/m0/s1. The van der Waals surface area contributed by atoms with Crippen LogP contribution in [-0.2, 0) is 23.9 Å². The molecule has 5 aliphatic rings. The molecular formula is C25H34O6. The molecule has 0 aromatic rings. The molecule has 9 atom stereocenters. The molecule has 0 aromatic carbocycles. The average molecular weight is 431 g/mol. The lowest BCUT2D eigenvalue weighted by atomic mass is 9.36. The number of hydrogen-bond acceptors (Lipinski definition) is 5. The van der Waals surface area contributed by atoms with E-state index in [-0.39, 0.29) is 28.8 Å². The summed E-state index contributed by atoms with van der Waals surface area (Å²) in [7, 11) is 0. The molecule has 0 amide bonds. The number of hydrogen-bond donors (Lipinski definition) is 1. The van der Waals surface area contributed by atoms with E-state index < -0.39 is 45.8 Å². The molecule has 5 rings (SSSR count). The number of aldehydes is 1. The molecule has 0 unspecified atom stereocenters. The molecule has 1 spiro atoms. The van der Waals surface area contributed by atoms with Gasteiger partial charge in [-0.15, -0.1) is 0 Å². The van der Waals surface area contributed by atoms with Crippen LogP contribution in [0.4, 0.5) is 0 Å². The lowest BCUT2D eigenvalue weighted by molar-refractivity contribution is -0.187. The van der Waals surface area contributed by atoms with Crippen LogP contribution in [0.1, 0.15) is 73.1 Å². The third-order valence-corrected chi connectivity index (χ3v) is 11.3. The Bertz CT molecular complexity index is 908. The van der Waals surface area contributed by atoms with Crippen molar-refractivity contribution in [3.8, 4) is 0 Å². The molecule has 1 heterocycles. The van der Waals surface area contributed by atoms with Crippen molar-refractivity contribution < 1.29 is 29.0 Å². The van der Waals surface area contributed by atoms with Gasteiger partial charge in [0.25, 0.3) is 0 Å². The molecule has 6 nitrogen and oxygen atoms in total. The molecule has 4 aliphatic carbocycles. The molecule has 170 valence electrons. The van der Waals surface area contributed by atoms with E-state index in [1.807, 2.05) is 13.8 Å². The quantitative estimate of drug-likeness (QED) is 0.544. The van der Waals surface area contributed by atoms with E-state index in [0.29, 0.717) is 19.3 Å². The normalized spacial score (nSPS) is 52.9. The van der Waals surface area contributed by atoms with Gasteiger partial charge in [-0.2, -0.15) is 0 Å². The number of carboxylic acids is 1. The first-order chi connectivity index (χ1) is 14.3. The lowest BCUT2D eigenvalue weighted by Gasteiger charge is -2.64. The fourth-order valence-corrected chi connectivity index (χ4v) is 9.22. The SMILES string of the molecule is C[C@H](C(=O)O)[C@H]1CC[C@@]2(C)[C@@H]3C(=O)[C@@H]4O[C@]45[C@@H](CCC(=O)C5(C)C)[C@]3(C=O)CC[C@]12C. The van der Waals surface area contributed by atoms with Crippen LogP contribution in [0.3, 0.4) is 0 Å². The van der Waals surface area contributed by atoms with Crippen LogP contribution in [0.25, 0.3) is 0 Å². The van der Waals surface area contributed by atoms with Crippen molar-refractivity contribution in [1.82, 2.24) is 0 Å². The summed E-state index contributed by atoms with van der Waals surface area (Å²) < 4.78 is 6.20. The number of carbonyl (C=O) groups is 4. The van der Waals surface area contributed by atoms with Gasteiger partial charge in [0.1, 0.15) is 23.8 Å². The fraction of sp³-hybridized carbons (Fsp3) is 0.840.